The van der Waals surface area contributed by atoms with Crippen molar-refractivity contribution in [2.75, 3.05) is 0 Å². The van der Waals surface area contributed by atoms with Crippen LogP contribution in [0.1, 0.15) is 0 Å². The quantitative estimate of drug-likeness (QED) is 0.481. The van der Waals surface area contributed by atoms with E-state index in [2.05, 4.69) is 11.6 Å². The zero-order valence-electron chi connectivity index (χ0n) is 4.39. The first-order chi connectivity index (χ1) is 3.80. The highest BCUT2D eigenvalue weighted by Gasteiger charge is 1.96. The molecular weight excluding hydrogens is 100 g/mol. The molecule has 2 nitrogen and oxygen atoms in total. The zero-order chi connectivity index (χ0) is 5.98. The van der Waals surface area contributed by atoms with E-state index in [0.29, 0.717) is 5.57 Å². The molecule has 1 aliphatic rings. The van der Waals surface area contributed by atoms with Crippen LogP contribution < -0.4 is 0 Å². The Morgan fingerprint density at radius 3 is 2.75 bits per heavy atom. The zero-order valence-corrected chi connectivity index (χ0v) is 4.39. The predicted octanol–water partition coefficient (Wildman–Crippen LogP) is 1.16. The highest BCUT2D eigenvalue weighted by atomic mass is 14.8. The van der Waals surface area contributed by atoms with Crippen molar-refractivity contribution in [3.63, 3.8) is 0 Å². The molecule has 0 bridgehead atoms. The molecule has 1 rings (SSSR count). The van der Waals surface area contributed by atoms with Crippen LogP contribution in [0.5, 0.6) is 0 Å². The second kappa shape index (κ2) is 1.74. The van der Waals surface area contributed by atoms with Crippen molar-refractivity contribution >= 4 is 12.1 Å². The second-order valence-corrected chi connectivity index (χ2v) is 1.51. The van der Waals surface area contributed by atoms with E-state index >= 15 is 0 Å². The molecule has 0 unspecified atom stereocenters. The van der Waals surface area contributed by atoms with Gasteiger partial charge in [0, 0.05) is 11.8 Å². The van der Waals surface area contributed by atoms with Gasteiger partial charge in [0.05, 0.1) is 0 Å². The van der Waals surface area contributed by atoms with Crippen LogP contribution in [0.3, 0.4) is 0 Å². The first-order valence-corrected chi connectivity index (χ1v) is 2.29. The minimum atomic E-state index is 0.257. The molecule has 1 N–H and O–H groups in total. The fraction of sp³-hybridized carbons (Fsp3) is 0. The van der Waals surface area contributed by atoms with Crippen molar-refractivity contribution in [3.8, 4) is 0 Å². The third-order valence-corrected chi connectivity index (χ3v) is 0.891. The topological polar surface area (TPSA) is 36.2 Å². The fourth-order valence-electron chi connectivity index (χ4n) is 0.439. The van der Waals surface area contributed by atoms with E-state index in [4.69, 9.17) is 5.41 Å². The number of rotatable bonds is 0. The molecule has 0 aromatic rings. The van der Waals surface area contributed by atoms with Crippen LogP contribution in [0.15, 0.2) is 29.3 Å². The summed E-state index contributed by atoms with van der Waals surface area (Å²) in [5, 5.41) is 7.05. The molecule has 0 radical (unpaired) electrons. The average molecular weight is 106 g/mol. The van der Waals surface area contributed by atoms with Crippen LogP contribution in [-0.4, -0.2) is 12.1 Å². The van der Waals surface area contributed by atoms with Gasteiger partial charge in [-0.05, 0) is 6.08 Å². The minimum absolute atomic E-state index is 0.257. The molecule has 0 amide bonds. The van der Waals surface area contributed by atoms with E-state index in [1.54, 1.807) is 18.4 Å². The number of nitrogens with one attached hydrogen (secondary N) is 1. The molecule has 0 saturated carbocycles. The van der Waals surface area contributed by atoms with Crippen molar-refractivity contribution in [3.05, 3.63) is 24.3 Å². The van der Waals surface area contributed by atoms with Crippen molar-refractivity contribution in [2.45, 2.75) is 0 Å². The van der Waals surface area contributed by atoms with Crippen LogP contribution in [0, 0.1) is 5.41 Å². The Labute approximate surface area is 47.8 Å². The summed E-state index contributed by atoms with van der Waals surface area (Å²) in [5.74, 6) is 0.257. The Bertz CT molecular complexity index is 165. The summed E-state index contributed by atoms with van der Waals surface area (Å²) in [4.78, 5) is 3.68. The number of aliphatic imine (C=N–C) groups is 1. The van der Waals surface area contributed by atoms with E-state index in [1.807, 2.05) is 0 Å². The van der Waals surface area contributed by atoms with Gasteiger partial charge in [0.25, 0.3) is 0 Å². The molecular formula is C6H6N2. The van der Waals surface area contributed by atoms with E-state index < -0.39 is 0 Å². The maximum absolute atomic E-state index is 7.05. The Hall–Kier alpha value is -1.18. The molecule has 0 aromatic heterocycles. The van der Waals surface area contributed by atoms with Gasteiger partial charge < -0.3 is 0 Å². The lowest BCUT2D eigenvalue weighted by atomic mass is 10.2. The van der Waals surface area contributed by atoms with Gasteiger partial charge in [-0.2, -0.15) is 0 Å². The highest BCUT2D eigenvalue weighted by Crippen LogP contribution is 1.99. The summed E-state index contributed by atoms with van der Waals surface area (Å²) in [5.41, 5.74) is 0.674. The summed E-state index contributed by atoms with van der Waals surface area (Å²) in [6, 6.07) is 0. The van der Waals surface area contributed by atoms with Crippen molar-refractivity contribution in [1.82, 2.24) is 0 Å². The average Bonchev–Trinajstić information content (AvgIpc) is 1.77. The molecule has 0 fully saturated rings. The summed E-state index contributed by atoms with van der Waals surface area (Å²) < 4.78 is 0. The molecule has 40 valence electrons. The van der Waals surface area contributed by atoms with Gasteiger partial charge >= 0.3 is 0 Å². The van der Waals surface area contributed by atoms with E-state index in [1.165, 1.54) is 0 Å². The molecule has 1 aliphatic heterocycles. The van der Waals surface area contributed by atoms with Gasteiger partial charge in [-0.15, -0.1) is 0 Å². The number of nitrogens with zero attached hydrogens (tertiary/aromatic N) is 1. The second-order valence-electron chi connectivity index (χ2n) is 1.51. The van der Waals surface area contributed by atoms with Crippen LogP contribution >= 0.6 is 0 Å². The predicted molar refractivity (Wildman–Crippen MR) is 34.5 cm³/mol. The fourth-order valence-corrected chi connectivity index (χ4v) is 0.439. The van der Waals surface area contributed by atoms with Crippen LogP contribution in [0.25, 0.3) is 0 Å². The van der Waals surface area contributed by atoms with Gasteiger partial charge in [-0.3, -0.25) is 5.41 Å². The van der Waals surface area contributed by atoms with Gasteiger partial charge in [0.2, 0.25) is 0 Å². The molecule has 0 aromatic carbocycles. The molecule has 8 heavy (non-hydrogen) atoms. The number of hydrogen-bond donors (Lipinski definition) is 1. The summed E-state index contributed by atoms with van der Waals surface area (Å²) >= 11 is 0. The normalized spacial score (nSPS) is 17.5. The highest BCUT2D eigenvalue weighted by molar-refractivity contribution is 6.06. The summed E-state index contributed by atoms with van der Waals surface area (Å²) in [7, 11) is 0. The van der Waals surface area contributed by atoms with E-state index in [-0.39, 0.29) is 5.84 Å². The lowest BCUT2D eigenvalue weighted by Crippen LogP contribution is -1.96. The SMILES string of the molecule is C=C1C=CC=NC1=N. The lowest BCUT2D eigenvalue weighted by Gasteiger charge is -1.97. The molecule has 0 aliphatic carbocycles. The molecule has 0 saturated heterocycles. The van der Waals surface area contributed by atoms with Crippen LogP contribution in [-0.2, 0) is 0 Å². The Morgan fingerprint density at radius 1 is 1.62 bits per heavy atom. The van der Waals surface area contributed by atoms with Crippen molar-refractivity contribution in [1.29, 1.82) is 5.41 Å². The van der Waals surface area contributed by atoms with Gasteiger partial charge in [-0.25, -0.2) is 4.99 Å². The molecule has 0 spiro atoms. The van der Waals surface area contributed by atoms with E-state index in [0.717, 1.165) is 0 Å². The largest absolute Gasteiger partial charge is 0.282 e. The van der Waals surface area contributed by atoms with Crippen LogP contribution in [0.2, 0.25) is 0 Å². The number of allylic oxidation sites excluding steroid dienone is 1. The minimum Gasteiger partial charge on any atom is -0.282 e. The lowest BCUT2D eigenvalue weighted by molar-refractivity contribution is 1.43. The Balaban J connectivity index is 2.89. The van der Waals surface area contributed by atoms with Gasteiger partial charge in [0.1, 0.15) is 0 Å². The first-order valence-electron chi connectivity index (χ1n) is 2.29. The maximum Gasteiger partial charge on any atom is 0.151 e. The van der Waals surface area contributed by atoms with Crippen molar-refractivity contribution < 1.29 is 0 Å². The Morgan fingerprint density at radius 2 is 2.38 bits per heavy atom. The summed E-state index contributed by atoms with van der Waals surface area (Å²) in [6.07, 6.45) is 5.10. The molecule has 1 heterocycles. The Kier molecular flexibility index (Phi) is 1.08. The van der Waals surface area contributed by atoms with Crippen molar-refractivity contribution in [2.24, 2.45) is 4.99 Å². The number of amidine groups is 1. The number of hydrogen-bond acceptors (Lipinski definition) is 1. The van der Waals surface area contributed by atoms with Gasteiger partial charge in [0.15, 0.2) is 5.84 Å². The standard InChI is InChI=1S/C6H6N2/c1-5-3-2-4-8-6(5)7/h2-4,7H,1H2. The number of dihydropyridines is 1. The van der Waals surface area contributed by atoms with Gasteiger partial charge in [-0.1, -0.05) is 12.7 Å². The third-order valence-electron chi connectivity index (χ3n) is 0.891. The molecule has 0 atom stereocenters. The maximum atomic E-state index is 7.05. The van der Waals surface area contributed by atoms with E-state index in [9.17, 15) is 0 Å². The van der Waals surface area contributed by atoms with Crippen LogP contribution in [0.4, 0.5) is 0 Å². The monoisotopic (exact) mass is 106 g/mol. The smallest absolute Gasteiger partial charge is 0.151 e. The third kappa shape index (κ3) is 0.729. The summed E-state index contributed by atoms with van der Waals surface area (Å²) in [6.45, 7) is 3.57. The first kappa shape index (κ1) is 4.97. The molecule has 2 heteroatoms.